The number of aliphatic hydroxyl groups is 1. The molecule has 1 aromatic heterocycles. The molecule has 0 saturated carbocycles. The van der Waals surface area contributed by atoms with Gasteiger partial charge >= 0.3 is 5.97 Å². The molecule has 62 heavy (non-hydrogen) atoms. The minimum absolute atomic E-state index is 0.0294. The maximum atomic E-state index is 14.1. The maximum Gasteiger partial charge on any atom is 0.328 e. The number of nitrogens with one attached hydrogen (secondary N) is 6. The number of amides is 8. The van der Waals surface area contributed by atoms with Crippen LogP contribution in [0.1, 0.15) is 49.8 Å². The third-order valence-electron chi connectivity index (χ3n) is 9.52. The first-order valence-corrected chi connectivity index (χ1v) is 19.4. The number of rotatable bonds is 25. The van der Waals surface area contributed by atoms with E-state index in [0.717, 1.165) is 4.90 Å². The molecule has 0 radical (unpaired) electrons. The Kier molecular flexibility index (Phi) is 19.2. The number of carbonyl (C=O) groups excluding carboxylic acids is 8. The van der Waals surface area contributed by atoms with E-state index in [9.17, 15) is 53.4 Å². The Labute approximate surface area is 354 Å². The van der Waals surface area contributed by atoms with Gasteiger partial charge in [0.15, 0.2) is 5.96 Å². The molecule has 0 bridgehead atoms. The van der Waals surface area contributed by atoms with Gasteiger partial charge in [-0.1, -0.05) is 30.3 Å². The van der Waals surface area contributed by atoms with Crippen molar-refractivity contribution in [2.24, 2.45) is 33.7 Å². The molecule has 1 aromatic carbocycles. The average Bonchev–Trinajstić information content (AvgIpc) is 3.93. The number of nitrogens with two attached hydrogens (primary N) is 5. The van der Waals surface area contributed by atoms with Crippen LogP contribution in [0.3, 0.4) is 0 Å². The summed E-state index contributed by atoms with van der Waals surface area (Å²) in [6.45, 7) is -0.832. The molecule has 0 aliphatic carbocycles. The number of nitrogens with zero attached hydrogens (tertiary/aromatic N) is 3. The lowest BCUT2D eigenvalue weighted by atomic mass is 10.0. The Morgan fingerprint density at radius 1 is 0.790 bits per heavy atom. The van der Waals surface area contributed by atoms with E-state index in [2.05, 4.69) is 41.5 Å². The Morgan fingerprint density at radius 3 is 1.92 bits per heavy atom. The van der Waals surface area contributed by atoms with Gasteiger partial charge in [-0.05, 0) is 37.7 Å². The zero-order valence-electron chi connectivity index (χ0n) is 33.7. The highest BCUT2D eigenvalue weighted by Gasteiger charge is 2.40. The molecular weight excluding hydrogens is 816 g/mol. The fraction of sp³-hybridized carbons (Fsp3) is 0.486. The van der Waals surface area contributed by atoms with Crippen molar-refractivity contribution in [1.82, 2.24) is 41.5 Å². The smallest absolute Gasteiger partial charge is 0.328 e. The lowest BCUT2D eigenvalue weighted by Gasteiger charge is -2.30. The van der Waals surface area contributed by atoms with E-state index in [1.54, 1.807) is 30.3 Å². The molecule has 1 fully saturated rings. The van der Waals surface area contributed by atoms with Gasteiger partial charge < -0.3 is 75.3 Å². The van der Waals surface area contributed by atoms with Gasteiger partial charge in [-0.25, -0.2) is 9.78 Å². The van der Waals surface area contributed by atoms with Crippen molar-refractivity contribution in [2.75, 3.05) is 19.7 Å². The maximum absolute atomic E-state index is 14.1. The second-order valence-electron chi connectivity index (χ2n) is 14.4. The van der Waals surface area contributed by atoms with Crippen molar-refractivity contribution in [3.63, 3.8) is 0 Å². The number of likely N-dealkylation sites (tertiary alicyclic amines) is 1. The van der Waals surface area contributed by atoms with Gasteiger partial charge in [-0.15, -0.1) is 0 Å². The van der Waals surface area contributed by atoms with Crippen LogP contribution in [0.15, 0.2) is 47.8 Å². The number of imidazole rings is 1. The van der Waals surface area contributed by atoms with Gasteiger partial charge in [0.1, 0.15) is 36.3 Å². The molecule has 1 aliphatic heterocycles. The van der Waals surface area contributed by atoms with Crippen LogP contribution in [0, 0.1) is 0 Å². The van der Waals surface area contributed by atoms with Crippen molar-refractivity contribution >= 4 is 59.2 Å². The van der Waals surface area contributed by atoms with E-state index in [0.29, 0.717) is 17.7 Å². The van der Waals surface area contributed by atoms with Crippen LogP contribution in [0.4, 0.5) is 0 Å². The lowest BCUT2D eigenvalue weighted by Crippen LogP contribution is -2.60. The predicted molar refractivity (Wildman–Crippen MR) is 217 cm³/mol. The summed E-state index contributed by atoms with van der Waals surface area (Å²) in [6, 6.07) is -1.62. The molecule has 25 nitrogen and oxygen atoms in total. The lowest BCUT2D eigenvalue weighted by molar-refractivity contribution is -0.145. The van der Waals surface area contributed by atoms with Crippen molar-refractivity contribution < 1.29 is 53.4 Å². The van der Waals surface area contributed by atoms with E-state index < -0.39 is 115 Å². The van der Waals surface area contributed by atoms with Gasteiger partial charge in [-0.2, -0.15) is 0 Å². The number of carboxylic acids is 1. The number of aliphatic carboxylic acids is 1. The van der Waals surface area contributed by atoms with Crippen LogP contribution in [0.2, 0.25) is 0 Å². The zero-order valence-corrected chi connectivity index (χ0v) is 33.7. The van der Waals surface area contributed by atoms with Gasteiger partial charge in [0.05, 0.1) is 31.8 Å². The number of H-pyrrole nitrogens is 1. The monoisotopic (exact) mass is 870 g/mol. The molecule has 338 valence electrons. The van der Waals surface area contributed by atoms with E-state index >= 15 is 0 Å². The summed E-state index contributed by atoms with van der Waals surface area (Å²) in [7, 11) is 0. The van der Waals surface area contributed by atoms with Crippen LogP contribution >= 0.6 is 0 Å². The van der Waals surface area contributed by atoms with Crippen LogP contribution < -0.4 is 55.3 Å². The van der Waals surface area contributed by atoms with Crippen molar-refractivity contribution in [3.8, 4) is 0 Å². The van der Waals surface area contributed by atoms with E-state index in [1.165, 1.54) is 12.5 Å². The molecule has 2 heterocycles. The number of primary amides is 2. The second kappa shape index (κ2) is 24.2. The number of aliphatic imine (C=N–C) groups is 1. The number of hydrogen-bond acceptors (Lipinski definition) is 13. The Hall–Kier alpha value is -7.15. The van der Waals surface area contributed by atoms with Gasteiger partial charge in [-0.3, -0.25) is 43.3 Å². The van der Waals surface area contributed by atoms with Gasteiger partial charge in [0.25, 0.3) is 0 Å². The highest BCUT2D eigenvalue weighted by atomic mass is 16.4. The quantitative estimate of drug-likeness (QED) is 0.0251. The van der Waals surface area contributed by atoms with E-state index in [-0.39, 0.29) is 51.2 Å². The summed E-state index contributed by atoms with van der Waals surface area (Å²) in [4.78, 5) is 129. The van der Waals surface area contributed by atoms with Crippen molar-refractivity contribution in [2.45, 2.75) is 93.7 Å². The number of aromatic amines is 1. The molecule has 0 spiro atoms. The number of aromatic nitrogens is 2. The summed E-state index contributed by atoms with van der Waals surface area (Å²) in [5.74, 6) is -9.42. The molecule has 3 rings (SSSR count). The van der Waals surface area contributed by atoms with Gasteiger partial charge in [0, 0.05) is 31.4 Å². The largest absolute Gasteiger partial charge is 0.480 e. The zero-order chi connectivity index (χ0) is 45.9. The van der Waals surface area contributed by atoms with E-state index in [4.69, 9.17) is 28.7 Å². The number of hydrogen-bond donors (Lipinski definition) is 13. The average molecular weight is 871 g/mol. The number of aliphatic hydroxyl groups excluding tert-OH is 1. The first-order chi connectivity index (χ1) is 29.4. The Morgan fingerprint density at radius 2 is 1.37 bits per heavy atom. The topological polar surface area (TPSA) is 429 Å². The van der Waals surface area contributed by atoms with Crippen molar-refractivity contribution in [3.05, 3.63) is 54.1 Å². The first-order valence-electron chi connectivity index (χ1n) is 19.4. The van der Waals surface area contributed by atoms with Crippen molar-refractivity contribution in [1.29, 1.82) is 0 Å². The summed E-state index contributed by atoms with van der Waals surface area (Å²) in [5, 5.41) is 30.6. The summed E-state index contributed by atoms with van der Waals surface area (Å²) < 4.78 is 0. The molecule has 18 N–H and O–H groups in total. The standard InChI is InChI=1S/C37H54N14O11/c38-21(12-19-6-2-1-3-7-19)30(55)47-24(14-28(39)53)32(57)49-25(15-29(40)54)33(58)48-23(13-20-16-43-18-45-20)31(56)46-22(8-4-10-44-37(41)42)35(60)51-11-5-9-27(51)34(59)50-26(17-52)36(61)62/h1-3,6-7,16,18,21-27,52H,4-5,8-15,17,38H2,(H2,39,53)(H2,40,54)(H,43,45)(H,46,56)(H,47,55)(H,48,58)(H,49,57)(H,50,59)(H,61,62)(H4,41,42,44)/t21-,22-,23-,24-,25-,26-,27-/m0/s1. The number of benzene rings is 1. The summed E-state index contributed by atoms with van der Waals surface area (Å²) in [5.41, 5.74) is 28.7. The number of carbonyl (C=O) groups is 9. The van der Waals surface area contributed by atoms with Crippen LogP contribution in [0.25, 0.3) is 0 Å². The summed E-state index contributed by atoms with van der Waals surface area (Å²) >= 11 is 0. The first kappa shape index (κ1) is 49.2. The predicted octanol–water partition coefficient (Wildman–Crippen LogP) is -6.18. The molecule has 2 aromatic rings. The molecule has 1 aliphatic rings. The number of carboxylic acid groups (broad SMARTS) is 1. The number of guanidine groups is 1. The Balaban J connectivity index is 1.86. The fourth-order valence-electron chi connectivity index (χ4n) is 6.42. The second-order valence-corrected chi connectivity index (χ2v) is 14.4. The van der Waals surface area contributed by atoms with Crippen LogP contribution in [-0.4, -0.2) is 146 Å². The molecule has 25 heteroatoms. The van der Waals surface area contributed by atoms with Crippen LogP contribution in [-0.2, 0) is 56.0 Å². The minimum atomic E-state index is -1.78. The van der Waals surface area contributed by atoms with Crippen LogP contribution in [0.5, 0.6) is 0 Å². The van der Waals surface area contributed by atoms with Gasteiger partial charge in [0.2, 0.25) is 47.3 Å². The third kappa shape index (κ3) is 15.8. The minimum Gasteiger partial charge on any atom is -0.480 e. The molecule has 7 atom stereocenters. The third-order valence-corrected chi connectivity index (χ3v) is 9.52. The molecule has 1 saturated heterocycles. The Bertz CT molecular complexity index is 1930. The fourth-order valence-corrected chi connectivity index (χ4v) is 6.42. The van der Waals surface area contributed by atoms with E-state index in [1.807, 2.05) is 0 Å². The molecule has 0 unspecified atom stereocenters. The molecule has 8 amide bonds. The normalized spacial score (nSPS) is 16.2. The molecular formula is C37H54N14O11. The SMILES string of the molecule is NC(=O)C[C@H](NC(=O)[C@H](CC(N)=O)NC(=O)[C@@H](N)Cc1ccccc1)C(=O)N[C@@H](Cc1cnc[nH]1)C(=O)N[C@@H](CCCN=C(N)N)C(=O)N1CCC[C@H]1C(=O)N[C@@H](CO)C(=O)O. The summed E-state index contributed by atoms with van der Waals surface area (Å²) in [6.07, 6.45) is 1.40. The highest BCUT2D eigenvalue weighted by Crippen LogP contribution is 2.20. The highest BCUT2D eigenvalue weighted by molar-refractivity contribution is 5.99.